The van der Waals surface area contributed by atoms with Crippen LogP contribution >= 0.6 is 21.6 Å². The SMILES string of the molecule is CCCCC/C=C\C/C=C\CCCCCCCC(=O)NCCSSCCN. The number of rotatable bonds is 20. The van der Waals surface area contributed by atoms with Crippen molar-refractivity contribution in [3.05, 3.63) is 24.3 Å². The van der Waals surface area contributed by atoms with E-state index in [-0.39, 0.29) is 5.91 Å². The van der Waals surface area contributed by atoms with Crippen molar-refractivity contribution >= 4 is 27.5 Å². The highest BCUT2D eigenvalue weighted by Crippen LogP contribution is 2.18. The van der Waals surface area contributed by atoms with Gasteiger partial charge in [-0.25, -0.2) is 0 Å². The molecule has 0 rings (SSSR count). The van der Waals surface area contributed by atoms with E-state index in [0.29, 0.717) is 6.42 Å². The van der Waals surface area contributed by atoms with Crippen LogP contribution in [0, 0.1) is 0 Å². The van der Waals surface area contributed by atoms with Crippen molar-refractivity contribution in [3.8, 4) is 0 Å². The molecule has 0 unspecified atom stereocenters. The Bertz CT molecular complexity index is 373. The summed E-state index contributed by atoms with van der Waals surface area (Å²) in [6.45, 7) is 3.73. The molecule has 0 aromatic carbocycles. The zero-order chi connectivity index (χ0) is 19.8. The summed E-state index contributed by atoms with van der Waals surface area (Å²) in [6, 6.07) is 0. The third-order valence-electron chi connectivity index (χ3n) is 4.15. The first kappa shape index (κ1) is 26.6. The summed E-state index contributed by atoms with van der Waals surface area (Å²) >= 11 is 0. The molecule has 0 aliphatic carbocycles. The second kappa shape index (κ2) is 23.6. The van der Waals surface area contributed by atoms with Crippen LogP contribution in [0.4, 0.5) is 0 Å². The molecule has 0 aliphatic rings. The van der Waals surface area contributed by atoms with Gasteiger partial charge in [-0.05, 0) is 38.5 Å². The lowest BCUT2D eigenvalue weighted by Crippen LogP contribution is -2.25. The first-order chi connectivity index (χ1) is 13.3. The van der Waals surface area contributed by atoms with E-state index in [9.17, 15) is 4.79 Å². The molecule has 0 atom stereocenters. The highest BCUT2D eigenvalue weighted by Gasteiger charge is 2.00. The summed E-state index contributed by atoms with van der Waals surface area (Å²) in [5.41, 5.74) is 5.43. The minimum atomic E-state index is 0.199. The second-order valence-corrected chi connectivity index (χ2v) is 9.47. The molecule has 27 heavy (non-hydrogen) atoms. The van der Waals surface area contributed by atoms with Crippen LogP contribution in [0.2, 0.25) is 0 Å². The first-order valence-corrected chi connectivity index (χ1v) is 13.3. The highest BCUT2D eigenvalue weighted by molar-refractivity contribution is 8.76. The van der Waals surface area contributed by atoms with E-state index in [1.54, 1.807) is 21.6 Å². The number of hydrogen-bond acceptors (Lipinski definition) is 4. The number of hydrogen-bond donors (Lipinski definition) is 2. The van der Waals surface area contributed by atoms with Crippen molar-refractivity contribution in [2.75, 3.05) is 24.6 Å². The predicted molar refractivity (Wildman–Crippen MR) is 126 cm³/mol. The average molecular weight is 415 g/mol. The van der Waals surface area contributed by atoms with Crippen molar-refractivity contribution in [2.24, 2.45) is 5.73 Å². The van der Waals surface area contributed by atoms with Gasteiger partial charge in [0.1, 0.15) is 0 Å². The molecule has 0 aromatic heterocycles. The van der Waals surface area contributed by atoms with Crippen molar-refractivity contribution in [1.29, 1.82) is 0 Å². The summed E-state index contributed by atoms with van der Waals surface area (Å²) in [4.78, 5) is 11.7. The standard InChI is InChI=1S/C22H42N2OS2/c1-2-3-4-5-6-7-8-9-10-11-12-13-14-15-16-17-22(25)24-19-21-27-26-20-18-23/h6-7,9-10H,2-5,8,11-21,23H2,1H3,(H,24,25)/b7-6-,10-9-. The van der Waals surface area contributed by atoms with Crippen LogP contribution in [0.25, 0.3) is 0 Å². The summed E-state index contributed by atoms with van der Waals surface area (Å²) in [5, 5.41) is 2.99. The summed E-state index contributed by atoms with van der Waals surface area (Å²) in [7, 11) is 3.56. The summed E-state index contributed by atoms with van der Waals surface area (Å²) in [5.74, 6) is 2.13. The van der Waals surface area contributed by atoms with Gasteiger partial charge in [0.05, 0.1) is 0 Å². The number of carbonyl (C=O) groups excluding carboxylic acids is 1. The Morgan fingerprint density at radius 1 is 0.852 bits per heavy atom. The molecule has 0 bridgehead atoms. The van der Waals surface area contributed by atoms with Crippen molar-refractivity contribution < 1.29 is 4.79 Å². The summed E-state index contributed by atoms with van der Waals surface area (Å²) in [6.07, 6.45) is 23.3. The van der Waals surface area contributed by atoms with Gasteiger partial charge in [0, 0.05) is 31.0 Å². The van der Waals surface area contributed by atoms with E-state index >= 15 is 0 Å². The lowest BCUT2D eigenvalue weighted by atomic mass is 10.1. The van der Waals surface area contributed by atoms with Crippen molar-refractivity contribution in [2.45, 2.75) is 84.0 Å². The molecule has 0 radical (unpaired) electrons. The fraction of sp³-hybridized carbons (Fsp3) is 0.773. The first-order valence-electron chi connectivity index (χ1n) is 10.8. The summed E-state index contributed by atoms with van der Waals surface area (Å²) < 4.78 is 0. The number of carbonyl (C=O) groups is 1. The van der Waals surface area contributed by atoms with Crippen LogP contribution in [0.1, 0.15) is 84.0 Å². The van der Waals surface area contributed by atoms with Crippen LogP contribution < -0.4 is 11.1 Å². The molecule has 0 aliphatic heterocycles. The minimum Gasteiger partial charge on any atom is -0.355 e. The maximum Gasteiger partial charge on any atom is 0.220 e. The Morgan fingerprint density at radius 2 is 1.48 bits per heavy atom. The third-order valence-corrected chi connectivity index (χ3v) is 6.59. The Kier molecular flexibility index (Phi) is 23.3. The molecule has 5 heteroatoms. The van der Waals surface area contributed by atoms with Crippen molar-refractivity contribution in [1.82, 2.24) is 5.32 Å². The second-order valence-electron chi connectivity index (χ2n) is 6.76. The van der Waals surface area contributed by atoms with Gasteiger partial charge in [-0.2, -0.15) is 0 Å². The number of nitrogens with one attached hydrogen (secondary N) is 1. The average Bonchev–Trinajstić information content (AvgIpc) is 2.67. The molecule has 0 saturated heterocycles. The number of allylic oxidation sites excluding steroid dienone is 4. The molecular weight excluding hydrogens is 372 g/mol. The van der Waals surface area contributed by atoms with Crippen LogP contribution in [-0.4, -0.2) is 30.5 Å². The highest BCUT2D eigenvalue weighted by atomic mass is 33.1. The Labute approximate surface area is 176 Å². The van der Waals surface area contributed by atoms with Gasteiger partial charge < -0.3 is 11.1 Å². The molecular formula is C22H42N2OS2. The Hall–Kier alpha value is -0.390. The van der Waals surface area contributed by atoms with Gasteiger partial charge >= 0.3 is 0 Å². The molecule has 158 valence electrons. The Morgan fingerprint density at radius 3 is 2.19 bits per heavy atom. The van der Waals surface area contributed by atoms with E-state index in [1.165, 1.54) is 57.8 Å². The van der Waals surface area contributed by atoms with Gasteiger partial charge in [-0.1, -0.05) is 84.9 Å². The van der Waals surface area contributed by atoms with Crippen molar-refractivity contribution in [3.63, 3.8) is 0 Å². The fourth-order valence-electron chi connectivity index (χ4n) is 2.58. The quantitative estimate of drug-likeness (QED) is 0.140. The molecule has 3 nitrogen and oxygen atoms in total. The van der Waals surface area contributed by atoms with E-state index in [1.807, 2.05) is 0 Å². The number of amides is 1. The van der Waals surface area contributed by atoms with Gasteiger partial charge in [-0.3, -0.25) is 4.79 Å². The van der Waals surface area contributed by atoms with Crippen LogP contribution in [0.5, 0.6) is 0 Å². The third kappa shape index (κ3) is 23.6. The van der Waals surface area contributed by atoms with E-state index < -0.39 is 0 Å². The number of nitrogens with two attached hydrogens (primary N) is 1. The smallest absolute Gasteiger partial charge is 0.220 e. The molecule has 0 aromatic rings. The fourth-order valence-corrected chi connectivity index (χ4v) is 4.35. The zero-order valence-corrected chi connectivity index (χ0v) is 19.1. The predicted octanol–water partition coefficient (Wildman–Crippen LogP) is 6.26. The van der Waals surface area contributed by atoms with Gasteiger partial charge in [0.2, 0.25) is 5.91 Å². The van der Waals surface area contributed by atoms with Gasteiger partial charge in [0.15, 0.2) is 0 Å². The molecule has 0 heterocycles. The zero-order valence-electron chi connectivity index (χ0n) is 17.4. The number of unbranched alkanes of at least 4 members (excludes halogenated alkanes) is 8. The lowest BCUT2D eigenvalue weighted by molar-refractivity contribution is -0.121. The molecule has 3 N–H and O–H groups in total. The van der Waals surface area contributed by atoms with E-state index in [0.717, 1.165) is 37.4 Å². The molecule has 0 fully saturated rings. The van der Waals surface area contributed by atoms with Crippen LogP contribution in [-0.2, 0) is 4.79 Å². The normalized spacial score (nSPS) is 11.6. The molecule has 0 saturated carbocycles. The van der Waals surface area contributed by atoms with Gasteiger partial charge in [-0.15, -0.1) is 0 Å². The van der Waals surface area contributed by atoms with Crippen LogP contribution in [0.15, 0.2) is 24.3 Å². The van der Waals surface area contributed by atoms with Gasteiger partial charge in [0.25, 0.3) is 0 Å². The maximum atomic E-state index is 11.7. The largest absolute Gasteiger partial charge is 0.355 e. The lowest BCUT2D eigenvalue weighted by Gasteiger charge is -2.05. The molecule has 1 amide bonds. The maximum absolute atomic E-state index is 11.7. The van der Waals surface area contributed by atoms with Crippen LogP contribution in [0.3, 0.4) is 0 Å². The topological polar surface area (TPSA) is 55.1 Å². The minimum absolute atomic E-state index is 0.199. The monoisotopic (exact) mass is 414 g/mol. The van der Waals surface area contributed by atoms with E-state index in [2.05, 4.69) is 36.5 Å². The van der Waals surface area contributed by atoms with E-state index in [4.69, 9.17) is 5.73 Å². The Balaban J connectivity index is 3.25. The molecule has 0 spiro atoms.